The van der Waals surface area contributed by atoms with Crippen LogP contribution in [0, 0.1) is 12.8 Å². The lowest BCUT2D eigenvalue weighted by atomic mass is 9.96. The number of guanidine groups is 1. The van der Waals surface area contributed by atoms with Gasteiger partial charge in [0.15, 0.2) is 11.8 Å². The number of aromatic nitrogens is 3. The molecule has 0 spiro atoms. The number of hydrogen-bond donors (Lipinski definition) is 2. The van der Waals surface area contributed by atoms with Crippen molar-refractivity contribution in [2.24, 2.45) is 18.0 Å². The van der Waals surface area contributed by atoms with Gasteiger partial charge in [0, 0.05) is 46.1 Å². The zero-order chi connectivity index (χ0) is 20.3. The number of hydrogen-bond acceptors (Lipinski definition) is 5. The summed E-state index contributed by atoms with van der Waals surface area (Å²) < 4.78 is 13.3. The molecule has 0 aromatic carbocycles. The Bertz CT molecular complexity index is 627. The van der Waals surface area contributed by atoms with Crippen molar-refractivity contribution in [3.63, 3.8) is 0 Å². The topological polar surface area (TPSA) is 85.6 Å². The highest BCUT2D eigenvalue weighted by atomic mass is 127. The molecule has 0 bridgehead atoms. The van der Waals surface area contributed by atoms with Crippen molar-refractivity contribution in [2.75, 3.05) is 33.0 Å². The zero-order valence-electron chi connectivity index (χ0n) is 18.6. The molecule has 1 aliphatic heterocycles. The monoisotopic (exact) mass is 534 g/mol. The van der Waals surface area contributed by atoms with Crippen LogP contribution >= 0.6 is 24.0 Å². The molecule has 2 N–H and O–H groups in total. The fourth-order valence-electron chi connectivity index (χ4n) is 3.88. The Morgan fingerprint density at radius 3 is 2.63 bits per heavy atom. The Hall–Kier alpha value is -0.940. The van der Waals surface area contributed by atoms with Crippen LogP contribution < -0.4 is 10.6 Å². The van der Waals surface area contributed by atoms with Gasteiger partial charge in [-0.2, -0.15) is 0 Å². The minimum atomic E-state index is 0. The van der Waals surface area contributed by atoms with E-state index in [0.717, 1.165) is 69.8 Å². The van der Waals surface area contributed by atoms with Gasteiger partial charge in [-0.15, -0.1) is 34.2 Å². The van der Waals surface area contributed by atoms with Gasteiger partial charge in [-0.3, -0.25) is 0 Å². The molecule has 0 atom stereocenters. The fraction of sp³-hybridized carbons (Fsp3) is 0.857. The van der Waals surface area contributed by atoms with E-state index in [1.807, 2.05) is 18.5 Å². The molecule has 1 aromatic heterocycles. The number of aryl methyl sites for hydroxylation is 1. The SMILES string of the molecule is Cc1nnc(CN=C(NCCCOCC2CCOCC2)NC2CCCCC2)n1C.I. The molecule has 0 unspecified atom stereocenters. The highest BCUT2D eigenvalue weighted by molar-refractivity contribution is 14.0. The van der Waals surface area contributed by atoms with Crippen molar-refractivity contribution in [3.8, 4) is 0 Å². The third kappa shape index (κ3) is 8.66. The number of ether oxygens (including phenoxy) is 2. The Kier molecular flexibility index (Phi) is 12.0. The van der Waals surface area contributed by atoms with Crippen molar-refractivity contribution in [3.05, 3.63) is 11.6 Å². The van der Waals surface area contributed by atoms with Gasteiger partial charge in [-0.05, 0) is 44.9 Å². The molecule has 1 aliphatic carbocycles. The van der Waals surface area contributed by atoms with E-state index < -0.39 is 0 Å². The smallest absolute Gasteiger partial charge is 0.191 e. The largest absolute Gasteiger partial charge is 0.381 e. The molecule has 172 valence electrons. The summed E-state index contributed by atoms with van der Waals surface area (Å²) in [7, 11) is 1.98. The summed E-state index contributed by atoms with van der Waals surface area (Å²) in [5.74, 6) is 3.33. The first kappa shape index (κ1) is 25.3. The predicted molar refractivity (Wildman–Crippen MR) is 129 cm³/mol. The number of rotatable bonds is 9. The van der Waals surface area contributed by atoms with E-state index in [0.29, 0.717) is 18.5 Å². The average Bonchev–Trinajstić information content (AvgIpc) is 3.08. The lowest BCUT2D eigenvalue weighted by Crippen LogP contribution is -2.44. The molecule has 2 aliphatic rings. The first-order chi connectivity index (χ1) is 14.2. The maximum absolute atomic E-state index is 5.88. The molecule has 9 heteroatoms. The van der Waals surface area contributed by atoms with Crippen LogP contribution in [0.3, 0.4) is 0 Å². The van der Waals surface area contributed by atoms with Gasteiger partial charge >= 0.3 is 0 Å². The molecule has 2 fully saturated rings. The molecule has 30 heavy (non-hydrogen) atoms. The van der Waals surface area contributed by atoms with Gasteiger partial charge in [0.1, 0.15) is 12.4 Å². The molecule has 0 radical (unpaired) electrons. The van der Waals surface area contributed by atoms with E-state index in [-0.39, 0.29) is 24.0 Å². The average molecular weight is 534 g/mol. The lowest BCUT2D eigenvalue weighted by molar-refractivity contribution is 0.0203. The second-order valence-corrected chi connectivity index (χ2v) is 8.28. The van der Waals surface area contributed by atoms with Gasteiger partial charge in [0.2, 0.25) is 0 Å². The predicted octanol–water partition coefficient (Wildman–Crippen LogP) is 2.94. The van der Waals surface area contributed by atoms with Crippen LogP contribution in [0.5, 0.6) is 0 Å². The van der Waals surface area contributed by atoms with E-state index in [1.165, 1.54) is 32.1 Å². The third-order valence-electron chi connectivity index (χ3n) is 5.96. The molecule has 3 rings (SSSR count). The van der Waals surface area contributed by atoms with Crippen molar-refractivity contribution in [1.82, 2.24) is 25.4 Å². The summed E-state index contributed by atoms with van der Waals surface area (Å²) in [5, 5.41) is 15.4. The van der Waals surface area contributed by atoms with Crippen LogP contribution in [0.1, 0.15) is 63.0 Å². The number of aliphatic imine (C=N–C) groups is 1. The number of nitrogens with zero attached hydrogens (tertiary/aromatic N) is 4. The summed E-state index contributed by atoms with van der Waals surface area (Å²) in [6.45, 7) is 6.74. The van der Waals surface area contributed by atoms with Gasteiger partial charge in [0.25, 0.3) is 0 Å². The summed E-state index contributed by atoms with van der Waals surface area (Å²) in [6, 6.07) is 0.515. The molecular weight excluding hydrogens is 495 g/mol. The number of halogens is 1. The summed E-state index contributed by atoms with van der Waals surface area (Å²) in [4.78, 5) is 4.77. The van der Waals surface area contributed by atoms with Crippen molar-refractivity contribution >= 4 is 29.9 Å². The van der Waals surface area contributed by atoms with Gasteiger partial charge in [-0.1, -0.05) is 19.3 Å². The van der Waals surface area contributed by atoms with E-state index in [2.05, 4.69) is 20.8 Å². The van der Waals surface area contributed by atoms with Gasteiger partial charge in [0.05, 0.1) is 0 Å². The molecule has 1 aromatic rings. The fourth-order valence-corrected chi connectivity index (χ4v) is 3.88. The Morgan fingerprint density at radius 2 is 1.93 bits per heavy atom. The molecule has 1 saturated carbocycles. The Morgan fingerprint density at radius 1 is 1.17 bits per heavy atom. The van der Waals surface area contributed by atoms with E-state index in [9.17, 15) is 0 Å². The second-order valence-electron chi connectivity index (χ2n) is 8.28. The normalized spacial score (nSPS) is 18.8. The highest BCUT2D eigenvalue weighted by Gasteiger charge is 2.15. The minimum Gasteiger partial charge on any atom is -0.381 e. The van der Waals surface area contributed by atoms with E-state index >= 15 is 0 Å². The summed E-state index contributed by atoms with van der Waals surface area (Å²) in [6.07, 6.45) is 9.61. The first-order valence-electron chi connectivity index (χ1n) is 11.3. The maximum atomic E-state index is 5.88. The van der Waals surface area contributed by atoms with Crippen molar-refractivity contribution < 1.29 is 9.47 Å². The number of nitrogens with one attached hydrogen (secondary N) is 2. The zero-order valence-corrected chi connectivity index (χ0v) is 20.9. The Labute approximate surface area is 198 Å². The lowest BCUT2D eigenvalue weighted by Gasteiger charge is -2.25. The molecule has 2 heterocycles. The van der Waals surface area contributed by atoms with E-state index in [4.69, 9.17) is 14.5 Å². The molecule has 8 nitrogen and oxygen atoms in total. The quantitative estimate of drug-likeness (QED) is 0.219. The summed E-state index contributed by atoms with van der Waals surface area (Å²) >= 11 is 0. The van der Waals surface area contributed by atoms with Crippen LogP contribution in [-0.4, -0.2) is 59.7 Å². The van der Waals surface area contributed by atoms with Crippen LogP contribution in [0.4, 0.5) is 0 Å². The third-order valence-corrected chi connectivity index (χ3v) is 5.96. The van der Waals surface area contributed by atoms with Crippen molar-refractivity contribution in [1.29, 1.82) is 0 Å². The second kappa shape index (κ2) is 14.2. The van der Waals surface area contributed by atoms with Crippen LogP contribution in [0.25, 0.3) is 0 Å². The highest BCUT2D eigenvalue weighted by Crippen LogP contribution is 2.17. The van der Waals surface area contributed by atoms with Crippen LogP contribution in [0.15, 0.2) is 4.99 Å². The van der Waals surface area contributed by atoms with Crippen LogP contribution in [-0.2, 0) is 23.1 Å². The standard InChI is InChI=1S/C21H38N6O2.HI/c1-17-25-26-20(27(17)2)15-23-21(24-19-7-4-3-5-8-19)22-11-6-12-29-16-18-9-13-28-14-10-18;/h18-19H,3-16H2,1-2H3,(H2,22,23,24);1H. The molecular formula is C21H39IN6O2. The first-order valence-corrected chi connectivity index (χ1v) is 11.3. The van der Waals surface area contributed by atoms with Crippen LogP contribution in [0.2, 0.25) is 0 Å². The van der Waals surface area contributed by atoms with E-state index in [1.54, 1.807) is 0 Å². The maximum Gasteiger partial charge on any atom is 0.191 e. The van der Waals surface area contributed by atoms with Crippen molar-refractivity contribution in [2.45, 2.75) is 70.9 Å². The molecule has 0 amide bonds. The summed E-state index contributed by atoms with van der Waals surface area (Å²) in [5.41, 5.74) is 0. The van der Waals surface area contributed by atoms with Gasteiger partial charge < -0.3 is 24.7 Å². The minimum absolute atomic E-state index is 0. The van der Waals surface area contributed by atoms with Gasteiger partial charge in [-0.25, -0.2) is 4.99 Å². The molecule has 1 saturated heterocycles. The Balaban J connectivity index is 0.00000320.